The molecule has 1 aliphatic rings. The average molecular weight is 229 g/mol. The topological polar surface area (TPSA) is 25.2 Å². The zero-order valence-electron chi connectivity index (χ0n) is 8.98. The molecule has 84 valence electrons. The molecule has 4 heteroatoms. The van der Waals surface area contributed by atoms with Crippen molar-refractivity contribution in [2.45, 2.75) is 19.3 Å². The summed E-state index contributed by atoms with van der Waals surface area (Å²) in [5.41, 5.74) is 1.15. The second-order valence-corrected chi connectivity index (χ2v) is 3.88. The van der Waals surface area contributed by atoms with Gasteiger partial charge in [-0.15, -0.1) is 12.4 Å². The molecule has 1 aromatic heterocycles. The molecule has 0 saturated carbocycles. The largest absolute Gasteiger partial charge is 0.371 e. The highest BCUT2D eigenvalue weighted by atomic mass is 35.5. The average Bonchev–Trinajstić information content (AvgIpc) is 2.23. The van der Waals surface area contributed by atoms with E-state index in [2.05, 4.69) is 4.90 Å². The van der Waals surface area contributed by atoms with Crippen molar-refractivity contribution in [2.24, 2.45) is 7.05 Å². The lowest BCUT2D eigenvalue weighted by atomic mass is 10.1. The Morgan fingerprint density at radius 2 is 1.87 bits per heavy atom. The van der Waals surface area contributed by atoms with Crippen LogP contribution in [0.25, 0.3) is 0 Å². The molecule has 0 unspecified atom stereocenters. The minimum absolute atomic E-state index is 0. The molecule has 0 N–H and O–H groups in total. The third-order valence-corrected chi connectivity index (χ3v) is 2.81. The van der Waals surface area contributed by atoms with Crippen LogP contribution in [0.1, 0.15) is 19.3 Å². The first kappa shape index (κ1) is 12.1. The Labute approximate surface area is 96.1 Å². The predicted octanol–water partition coefficient (Wildman–Crippen LogP) is 1.80. The van der Waals surface area contributed by atoms with E-state index in [1.54, 1.807) is 17.7 Å². The van der Waals surface area contributed by atoms with E-state index in [9.17, 15) is 4.79 Å². The van der Waals surface area contributed by atoms with Gasteiger partial charge >= 0.3 is 0 Å². The van der Waals surface area contributed by atoms with Crippen LogP contribution in [-0.4, -0.2) is 17.7 Å². The van der Waals surface area contributed by atoms with Crippen molar-refractivity contribution >= 4 is 18.1 Å². The predicted molar refractivity (Wildman–Crippen MR) is 65.0 cm³/mol. The second kappa shape index (κ2) is 5.21. The number of rotatable bonds is 1. The van der Waals surface area contributed by atoms with E-state index in [1.807, 2.05) is 12.3 Å². The molecule has 0 radical (unpaired) electrons. The van der Waals surface area contributed by atoms with Gasteiger partial charge in [0.15, 0.2) is 0 Å². The lowest BCUT2D eigenvalue weighted by Crippen LogP contribution is -2.30. The van der Waals surface area contributed by atoms with Crippen LogP contribution in [-0.2, 0) is 7.05 Å². The molecular formula is C11H17ClN2O. The van der Waals surface area contributed by atoms with Crippen molar-refractivity contribution in [3.63, 3.8) is 0 Å². The maximum absolute atomic E-state index is 11.4. The van der Waals surface area contributed by atoms with Gasteiger partial charge in [-0.2, -0.15) is 0 Å². The molecule has 3 nitrogen and oxygen atoms in total. The summed E-state index contributed by atoms with van der Waals surface area (Å²) in [6.45, 7) is 2.18. The van der Waals surface area contributed by atoms with Crippen molar-refractivity contribution in [2.75, 3.05) is 18.0 Å². The number of anilines is 1. The fourth-order valence-corrected chi connectivity index (χ4v) is 1.89. The number of hydrogen-bond donors (Lipinski definition) is 0. The Kier molecular flexibility index (Phi) is 4.21. The van der Waals surface area contributed by atoms with Crippen LogP contribution < -0.4 is 10.5 Å². The van der Waals surface area contributed by atoms with Gasteiger partial charge in [0, 0.05) is 38.1 Å². The highest BCUT2D eigenvalue weighted by Gasteiger charge is 2.10. The molecule has 0 bridgehead atoms. The molecule has 2 rings (SSSR count). The van der Waals surface area contributed by atoms with Gasteiger partial charge in [-0.1, -0.05) is 0 Å². The maximum Gasteiger partial charge on any atom is 0.252 e. The first-order valence-electron chi connectivity index (χ1n) is 5.19. The molecular weight excluding hydrogens is 212 g/mol. The minimum atomic E-state index is 0. The normalized spacial score (nSPS) is 15.9. The van der Waals surface area contributed by atoms with E-state index in [1.165, 1.54) is 19.3 Å². The third kappa shape index (κ3) is 2.75. The smallest absolute Gasteiger partial charge is 0.252 e. The van der Waals surface area contributed by atoms with Crippen LogP contribution in [0.3, 0.4) is 0 Å². The fraction of sp³-hybridized carbons (Fsp3) is 0.545. The van der Waals surface area contributed by atoms with Crippen molar-refractivity contribution in [1.29, 1.82) is 0 Å². The first-order chi connectivity index (χ1) is 6.77. The lowest BCUT2D eigenvalue weighted by molar-refractivity contribution is 0.577. The lowest BCUT2D eigenvalue weighted by Gasteiger charge is -2.28. The van der Waals surface area contributed by atoms with Crippen LogP contribution >= 0.6 is 12.4 Å². The van der Waals surface area contributed by atoms with Gasteiger partial charge in [0.1, 0.15) is 0 Å². The Balaban J connectivity index is 0.00000112. The fourth-order valence-electron chi connectivity index (χ4n) is 1.89. The van der Waals surface area contributed by atoms with Gasteiger partial charge in [-0.05, 0) is 25.3 Å². The monoisotopic (exact) mass is 228 g/mol. The third-order valence-electron chi connectivity index (χ3n) is 2.81. The standard InChI is InChI=1S/C11H16N2O.ClH/c1-12-8-5-10(9-11(12)14)13-6-3-2-4-7-13;/h5,8-9H,2-4,6-7H2,1H3;1H. The minimum Gasteiger partial charge on any atom is -0.371 e. The van der Waals surface area contributed by atoms with E-state index in [0.29, 0.717) is 0 Å². The summed E-state index contributed by atoms with van der Waals surface area (Å²) in [7, 11) is 1.78. The summed E-state index contributed by atoms with van der Waals surface area (Å²) in [4.78, 5) is 13.7. The van der Waals surface area contributed by atoms with Crippen molar-refractivity contribution in [3.8, 4) is 0 Å². The molecule has 0 spiro atoms. The quantitative estimate of drug-likeness (QED) is 0.733. The van der Waals surface area contributed by atoms with Gasteiger partial charge in [0.2, 0.25) is 0 Å². The Morgan fingerprint density at radius 1 is 1.20 bits per heavy atom. The number of piperidine rings is 1. The summed E-state index contributed by atoms with van der Waals surface area (Å²) in [6.07, 6.45) is 5.65. The van der Waals surface area contributed by atoms with Gasteiger partial charge in [-0.3, -0.25) is 4.79 Å². The van der Waals surface area contributed by atoms with E-state index >= 15 is 0 Å². The summed E-state index contributed by atoms with van der Waals surface area (Å²) in [5, 5.41) is 0. The highest BCUT2D eigenvalue weighted by molar-refractivity contribution is 5.85. The zero-order valence-corrected chi connectivity index (χ0v) is 9.80. The molecule has 15 heavy (non-hydrogen) atoms. The van der Waals surface area contributed by atoms with Gasteiger partial charge in [0.05, 0.1) is 0 Å². The SMILES string of the molecule is Cl.Cn1ccc(N2CCCCC2)cc1=O. The number of aryl methyl sites for hydroxylation is 1. The maximum atomic E-state index is 11.4. The number of halogens is 1. The van der Waals surface area contributed by atoms with Gasteiger partial charge in [-0.25, -0.2) is 0 Å². The van der Waals surface area contributed by atoms with E-state index in [4.69, 9.17) is 0 Å². The Hall–Kier alpha value is -0.960. The molecule has 2 heterocycles. The number of nitrogens with zero attached hydrogens (tertiary/aromatic N) is 2. The van der Waals surface area contributed by atoms with Crippen LogP contribution in [0.4, 0.5) is 5.69 Å². The molecule has 0 atom stereocenters. The summed E-state index contributed by atoms with van der Waals surface area (Å²) in [6, 6.07) is 3.75. The van der Waals surface area contributed by atoms with Crippen molar-refractivity contribution < 1.29 is 0 Å². The molecule has 0 aliphatic carbocycles. The van der Waals surface area contributed by atoms with Crippen LogP contribution in [0.5, 0.6) is 0 Å². The zero-order chi connectivity index (χ0) is 9.97. The summed E-state index contributed by atoms with van der Waals surface area (Å²) >= 11 is 0. The summed E-state index contributed by atoms with van der Waals surface area (Å²) in [5.74, 6) is 0. The number of aromatic nitrogens is 1. The van der Waals surface area contributed by atoms with E-state index in [0.717, 1.165) is 18.8 Å². The summed E-state index contributed by atoms with van der Waals surface area (Å²) < 4.78 is 1.60. The first-order valence-corrected chi connectivity index (χ1v) is 5.19. The van der Waals surface area contributed by atoms with E-state index < -0.39 is 0 Å². The van der Waals surface area contributed by atoms with Gasteiger partial charge < -0.3 is 9.47 Å². The molecule has 0 amide bonds. The van der Waals surface area contributed by atoms with Crippen LogP contribution in [0, 0.1) is 0 Å². The van der Waals surface area contributed by atoms with Crippen molar-refractivity contribution in [3.05, 3.63) is 28.7 Å². The molecule has 1 aromatic rings. The molecule has 0 aromatic carbocycles. The van der Waals surface area contributed by atoms with Crippen LogP contribution in [0.15, 0.2) is 23.1 Å². The highest BCUT2D eigenvalue weighted by Crippen LogP contribution is 2.17. The number of hydrogen-bond acceptors (Lipinski definition) is 2. The molecule has 1 saturated heterocycles. The molecule has 1 aliphatic heterocycles. The van der Waals surface area contributed by atoms with Crippen LogP contribution in [0.2, 0.25) is 0 Å². The molecule has 1 fully saturated rings. The van der Waals surface area contributed by atoms with Crippen molar-refractivity contribution in [1.82, 2.24) is 4.57 Å². The van der Waals surface area contributed by atoms with Gasteiger partial charge in [0.25, 0.3) is 5.56 Å². The number of pyridine rings is 1. The second-order valence-electron chi connectivity index (χ2n) is 3.88. The van der Waals surface area contributed by atoms with E-state index in [-0.39, 0.29) is 18.0 Å². The Morgan fingerprint density at radius 3 is 2.47 bits per heavy atom. The Bertz CT molecular complexity index is 369.